The third-order valence-electron chi connectivity index (χ3n) is 8.02. The maximum absolute atomic E-state index is 13.7. The molecule has 288 valence electrons. The maximum atomic E-state index is 13.7. The molecular formula is C35H21N8Na3O12S2. The molecular weight excluding hydrogens is 858 g/mol. The molecule has 0 saturated heterocycles. The molecule has 0 saturated carbocycles. The molecule has 0 heterocycles. The number of azo groups is 1. The number of hydrogen-bond acceptors (Lipinski definition) is 18. The average molecular weight is 879 g/mol. The van der Waals surface area contributed by atoms with Crippen LogP contribution in [-0.4, -0.2) is 59.8 Å². The van der Waals surface area contributed by atoms with Gasteiger partial charge in [0.25, 0.3) is 15.8 Å². The van der Waals surface area contributed by atoms with Gasteiger partial charge in [-0.15, -0.1) is 10.2 Å². The number of Topliss-reactive ketones (excluding diaryl/α,β-unsaturated/α-hetero) is 1. The summed E-state index contributed by atoms with van der Waals surface area (Å²) in [7, 11) is -10.6. The van der Waals surface area contributed by atoms with E-state index in [9.17, 15) is 55.9 Å². The fourth-order valence-corrected chi connectivity index (χ4v) is 6.59. The number of carboxylic acids is 1. The molecule has 60 heavy (non-hydrogen) atoms. The second-order valence-electron chi connectivity index (χ2n) is 11.7. The molecule has 3 aliphatic carbocycles. The molecule has 0 aliphatic heterocycles. The molecule has 20 nitrogen and oxygen atoms in total. The Hall–Kier alpha value is -4.53. The van der Waals surface area contributed by atoms with Crippen LogP contribution in [0.5, 0.6) is 5.75 Å². The molecule has 25 heteroatoms. The number of hydrazone groups is 1. The number of rotatable bonds is 9. The number of non-ortho nitro benzene ring substituents is 1. The minimum atomic E-state index is -5.45. The van der Waals surface area contributed by atoms with E-state index in [2.05, 4.69) is 31.0 Å². The molecule has 0 radical (unpaired) electrons. The van der Waals surface area contributed by atoms with Crippen LogP contribution >= 0.6 is 0 Å². The summed E-state index contributed by atoms with van der Waals surface area (Å²) in [6.45, 7) is 0. The molecule has 3 aromatic carbocycles. The van der Waals surface area contributed by atoms with Gasteiger partial charge in [-0.25, -0.2) is 8.42 Å². The Morgan fingerprint density at radius 3 is 1.93 bits per heavy atom. The molecule has 6 rings (SSSR count). The molecule has 0 aromatic heterocycles. The van der Waals surface area contributed by atoms with Gasteiger partial charge in [-0.05, 0) is 83.0 Å². The Morgan fingerprint density at radius 1 is 0.817 bits per heavy atom. The van der Waals surface area contributed by atoms with Gasteiger partial charge in [0.2, 0.25) is 5.78 Å². The van der Waals surface area contributed by atoms with E-state index < -0.39 is 86.2 Å². The monoisotopic (exact) mass is 878 g/mol. The van der Waals surface area contributed by atoms with Gasteiger partial charge in [0, 0.05) is 12.1 Å². The minimum Gasteiger partial charge on any atom is -0.872 e. The molecule has 3 aliphatic rings. The van der Waals surface area contributed by atoms with E-state index in [1.807, 2.05) is 0 Å². The fraction of sp³-hybridized carbons (Fsp3) is 0. The summed E-state index contributed by atoms with van der Waals surface area (Å²) in [6.07, 6.45) is 13.5. The maximum Gasteiger partial charge on any atom is 1.00 e. The van der Waals surface area contributed by atoms with Crippen LogP contribution in [0.4, 0.5) is 28.4 Å². The number of benzene rings is 3. The number of nitro benzene ring substituents is 1. The summed E-state index contributed by atoms with van der Waals surface area (Å²) in [4.78, 5) is 33.0. The number of anilines is 2. The molecule has 3 aromatic rings. The molecule has 0 unspecified atom stereocenters. The Labute approximate surface area is 406 Å². The molecule has 0 fully saturated rings. The number of nitrogens with zero attached hydrogens (tertiary/aromatic N) is 6. The largest absolute Gasteiger partial charge is 1.00 e. The number of carbonyl (C=O) groups is 2. The van der Waals surface area contributed by atoms with Crippen LogP contribution in [-0.2, 0) is 20.2 Å². The first-order chi connectivity index (χ1) is 26.9. The molecule has 0 bridgehead atoms. The number of allylic oxidation sites excluding steroid dienone is 11. The number of nitrogens with one attached hydrogen (secondary N) is 1. The number of aromatic carboxylic acids is 1. The average Bonchev–Trinajstić information content (AvgIpc) is 3.16. The summed E-state index contributed by atoms with van der Waals surface area (Å²) < 4.78 is 71.4. The van der Waals surface area contributed by atoms with E-state index in [1.165, 1.54) is 30.4 Å². The van der Waals surface area contributed by atoms with Gasteiger partial charge in [-0.1, -0.05) is 36.1 Å². The summed E-state index contributed by atoms with van der Waals surface area (Å²) in [5, 5.41) is 53.1. The normalized spacial score (nSPS) is 15.1. The van der Waals surface area contributed by atoms with Crippen molar-refractivity contribution in [3.8, 4) is 5.75 Å². The number of nitrogen functional groups attached to an aromatic ring is 1. The number of carbonyl (C=O) groups excluding carboxylic acids is 2. The second-order valence-corrected chi connectivity index (χ2v) is 14.4. The number of nitrogens with two attached hydrogens (primary N) is 1. The van der Waals surface area contributed by atoms with Crippen LogP contribution in [0.25, 0.3) is 6.08 Å². The third kappa shape index (κ3) is 11.4. The van der Waals surface area contributed by atoms with E-state index in [-0.39, 0.29) is 111 Å². The van der Waals surface area contributed by atoms with E-state index in [0.717, 1.165) is 24.3 Å². The summed E-state index contributed by atoms with van der Waals surface area (Å²) in [5.41, 5.74) is 6.80. The Balaban J connectivity index is 0.00000320. The quantitative estimate of drug-likeness (QED) is 0.0451. The molecule has 0 spiro atoms. The predicted molar refractivity (Wildman–Crippen MR) is 200 cm³/mol. The molecule has 0 amide bonds. The van der Waals surface area contributed by atoms with Crippen LogP contribution in [0, 0.1) is 10.1 Å². The van der Waals surface area contributed by atoms with Crippen molar-refractivity contribution in [2.75, 3.05) is 11.2 Å². The minimum absolute atomic E-state index is 0. The van der Waals surface area contributed by atoms with Crippen molar-refractivity contribution >= 4 is 83.6 Å². The number of fused-ring (bicyclic) bond motifs is 1. The van der Waals surface area contributed by atoms with Crippen LogP contribution in [0.1, 0.15) is 26.3 Å². The van der Waals surface area contributed by atoms with E-state index in [4.69, 9.17) is 5.73 Å². The van der Waals surface area contributed by atoms with E-state index >= 15 is 0 Å². The van der Waals surface area contributed by atoms with Gasteiger partial charge < -0.3 is 25.3 Å². The van der Waals surface area contributed by atoms with Crippen LogP contribution in [0.15, 0.2) is 144 Å². The molecule has 4 N–H and O–H groups in total. The Kier molecular flexibility index (Phi) is 16.9. The van der Waals surface area contributed by atoms with Crippen molar-refractivity contribution in [1.29, 1.82) is 0 Å². The Morgan fingerprint density at radius 2 is 1.40 bits per heavy atom. The first kappa shape index (κ1) is 49.8. The van der Waals surface area contributed by atoms with Crippen LogP contribution in [0.3, 0.4) is 0 Å². The van der Waals surface area contributed by atoms with E-state index in [1.54, 1.807) is 36.5 Å². The van der Waals surface area contributed by atoms with Gasteiger partial charge in [-0.3, -0.25) is 24.9 Å². The van der Waals surface area contributed by atoms with Gasteiger partial charge in [-0.2, -0.15) is 23.7 Å². The summed E-state index contributed by atoms with van der Waals surface area (Å²) >= 11 is 0. The van der Waals surface area contributed by atoms with Gasteiger partial charge in [0.1, 0.15) is 20.7 Å². The number of carboxylic acid groups (broad SMARTS) is 1. The van der Waals surface area contributed by atoms with Gasteiger partial charge in [0.05, 0.1) is 49.8 Å². The number of ketones is 1. The zero-order valence-electron chi connectivity index (χ0n) is 31.3. The van der Waals surface area contributed by atoms with Crippen molar-refractivity contribution < 1.29 is 139 Å². The number of nitro groups is 1. The topological polar surface area (TPSA) is 335 Å². The Bertz CT molecular complexity index is 2830. The van der Waals surface area contributed by atoms with Gasteiger partial charge in [0.15, 0.2) is 5.71 Å². The summed E-state index contributed by atoms with van der Waals surface area (Å²) in [6, 6.07) is 8.71. The zero-order valence-corrected chi connectivity index (χ0v) is 39.0. The SMILES string of the molecule is Nc1c(N=Nc2ccc([N+](=O)[O-])cc2)c(S(=O)(=O)O)cc2c1C(=O)C(=NN=C1C=CC(=C3C=CC(=NNc4ccc([O-])c(C(=O)[O-])c4)C=C3)C=C1)C(S(=O)(=O)[O-])=C2.[Na+].[Na+].[Na+]. The summed E-state index contributed by atoms with van der Waals surface area (Å²) in [5.74, 6) is -3.58. The van der Waals surface area contributed by atoms with Gasteiger partial charge >= 0.3 is 88.7 Å². The zero-order chi connectivity index (χ0) is 41.2. The van der Waals surface area contributed by atoms with Crippen molar-refractivity contribution in [2.45, 2.75) is 4.90 Å². The predicted octanol–water partition coefficient (Wildman–Crippen LogP) is -5.82. The van der Waals surface area contributed by atoms with Crippen molar-refractivity contribution in [3.63, 3.8) is 0 Å². The van der Waals surface area contributed by atoms with Crippen LogP contribution < -0.4 is 110 Å². The smallest absolute Gasteiger partial charge is 0.872 e. The fourth-order valence-electron chi connectivity index (χ4n) is 5.27. The molecule has 0 atom stereocenters. The first-order valence-corrected chi connectivity index (χ1v) is 18.6. The van der Waals surface area contributed by atoms with Crippen LogP contribution in [0.2, 0.25) is 0 Å². The van der Waals surface area contributed by atoms with Crippen molar-refractivity contribution in [1.82, 2.24) is 0 Å². The second kappa shape index (κ2) is 20.4. The van der Waals surface area contributed by atoms with E-state index in [0.29, 0.717) is 29.0 Å². The first-order valence-electron chi connectivity index (χ1n) is 15.7. The van der Waals surface area contributed by atoms with Crippen molar-refractivity contribution in [3.05, 3.63) is 140 Å². The number of hydrogen-bond donors (Lipinski definition) is 3. The third-order valence-corrected chi connectivity index (χ3v) is 9.73. The van der Waals surface area contributed by atoms with Crippen molar-refractivity contribution in [2.24, 2.45) is 25.5 Å². The standard InChI is InChI=1S/C35H24N8O12S2.3Na/c36-31-30-20(15-28(56(50,51)52)32(31)41-38-23-9-12-25(13-10-23)43(48)49)16-29(57(53,54)55)33(34(30)45)42-39-22-7-3-19(4-8-22)18-1-5-21(6-2-18)37-40-24-11-14-27(44)26(17-24)35(46)47;;;/h1-17,40,44H,36H2,(H,46,47)(H,50,51,52)(H,53,54,55);;;/q;3*+1/p-3.